The van der Waals surface area contributed by atoms with E-state index >= 15 is 0 Å². The van der Waals surface area contributed by atoms with Crippen LogP contribution >= 0.6 is 0 Å². The standard InChI is InChI=1S/C17H23NO3/c1-11-13(10-21-18-11)8-16(19)20-7-6-12-4-5-14-9-15(12)17(14,2)3/h4,10,14-15H,5-9H2,1-3H3/t14-,15-/m0/s1. The first-order chi connectivity index (χ1) is 9.98. The van der Waals surface area contributed by atoms with Crippen molar-refractivity contribution in [2.45, 2.75) is 46.5 Å². The Morgan fingerprint density at radius 3 is 2.95 bits per heavy atom. The molecule has 0 amide bonds. The molecule has 2 atom stereocenters. The van der Waals surface area contributed by atoms with Gasteiger partial charge in [0.1, 0.15) is 6.26 Å². The molecule has 4 heteroatoms. The summed E-state index contributed by atoms with van der Waals surface area (Å²) in [6.45, 7) is 7.03. The summed E-state index contributed by atoms with van der Waals surface area (Å²) in [7, 11) is 0. The predicted octanol–water partition coefficient (Wildman–Crippen LogP) is 3.45. The fourth-order valence-corrected chi connectivity index (χ4v) is 3.73. The molecule has 0 spiro atoms. The van der Waals surface area contributed by atoms with Crippen molar-refractivity contribution in [1.29, 1.82) is 0 Å². The Kier molecular flexibility index (Phi) is 3.64. The van der Waals surface area contributed by atoms with Crippen LogP contribution in [0.25, 0.3) is 0 Å². The van der Waals surface area contributed by atoms with E-state index < -0.39 is 0 Å². The zero-order chi connectivity index (χ0) is 15.0. The molecule has 21 heavy (non-hydrogen) atoms. The number of ether oxygens (including phenoxy) is 1. The number of esters is 1. The minimum atomic E-state index is -0.205. The second kappa shape index (κ2) is 5.32. The van der Waals surface area contributed by atoms with Crippen LogP contribution in [-0.2, 0) is 16.0 Å². The normalized spacial score (nSPS) is 26.0. The van der Waals surface area contributed by atoms with E-state index in [4.69, 9.17) is 9.26 Å². The lowest BCUT2D eigenvalue weighted by molar-refractivity contribution is -0.142. The van der Waals surface area contributed by atoms with Crippen molar-refractivity contribution >= 4 is 5.97 Å². The molecule has 1 saturated carbocycles. The quantitative estimate of drug-likeness (QED) is 0.615. The number of aryl methyl sites for hydroxylation is 1. The number of carbonyl (C=O) groups is 1. The molecule has 4 rings (SSSR count). The molecule has 3 aliphatic carbocycles. The van der Waals surface area contributed by atoms with E-state index in [9.17, 15) is 4.79 Å². The van der Waals surface area contributed by atoms with Gasteiger partial charge in [0.25, 0.3) is 0 Å². The van der Waals surface area contributed by atoms with Crippen molar-refractivity contribution in [3.8, 4) is 0 Å². The SMILES string of the molecule is Cc1nocc1CC(=O)OCCC1=CC[C@H]2C[C@@H]1C2(C)C. The lowest BCUT2D eigenvalue weighted by Crippen LogP contribution is -2.48. The molecule has 0 N–H and O–H groups in total. The Morgan fingerprint density at radius 2 is 2.33 bits per heavy atom. The molecule has 3 aliphatic rings. The molecule has 2 bridgehead atoms. The van der Waals surface area contributed by atoms with Gasteiger partial charge in [-0.3, -0.25) is 4.79 Å². The van der Waals surface area contributed by atoms with E-state index in [1.165, 1.54) is 24.7 Å². The van der Waals surface area contributed by atoms with Gasteiger partial charge >= 0.3 is 5.97 Å². The molecule has 0 aliphatic heterocycles. The van der Waals surface area contributed by atoms with Gasteiger partial charge in [0, 0.05) is 12.0 Å². The van der Waals surface area contributed by atoms with E-state index in [0.29, 0.717) is 17.9 Å². The molecule has 4 nitrogen and oxygen atoms in total. The fraction of sp³-hybridized carbons (Fsp3) is 0.647. The van der Waals surface area contributed by atoms with Gasteiger partial charge < -0.3 is 9.26 Å². The summed E-state index contributed by atoms with van der Waals surface area (Å²) < 4.78 is 10.2. The highest BCUT2D eigenvalue weighted by Gasteiger charge is 2.50. The Bertz CT molecular complexity index is 570. The number of carbonyl (C=O) groups excluding carboxylic acids is 1. The zero-order valence-electron chi connectivity index (χ0n) is 13.0. The third-order valence-corrected chi connectivity index (χ3v) is 5.42. The minimum Gasteiger partial charge on any atom is -0.465 e. The van der Waals surface area contributed by atoms with Gasteiger partial charge in [0.2, 0.25) is 0 Å². The van der Waals surface area contributed by atoms with E-state index in [-0.39, 0.29) is 12.4 Å². The van der Waals surface area contributed by atoms with Gasteiger partial charge in [-0.15, -0.1) is 0 Å². The van der Waals surface area contributed by atoms with E-state index in [1.54, 1.807) is 0 Å². The van der Waals surface area contributed by atoms with Crippen molar-refractivity contribution in [2.24, 2.45) is 17.3 Å². The number of rotatable bonds is 5. The van der Waals surface area contributed by atoms with Crippen LogP contribution in [-0.4, -0.2) is 17.7 Å². The summed E-state index contributed by atoms with van der Waals surface area (Å²) in [5.74, 6) is 1.34. The largest absolute Gasteiger partial charge is 0.465 e. The van der Waals surface area contributed by atoms with Crippen molar-refractivity contribution in [3.05, 3.63) is 29.2 Å². The fourth-order valence-electron chi connectivity index (χ4n) is 3.73. The van der Waals surface area contributed by atoms with Gasteiger partial charge in [0.15, 0.2) is 0 Å². The maximum Gasteiger partial charge on any atom is 0.310 e. The van der Waals surface area contributed by atoms with Crippen LogP contribution in [0, 0.1) is 24.2 Å². The number of allylic oxidation sites excluding steroid dienone is 1. The van der Waals surface area contributed by atoms with Gasteiger partial charge in [0.05, 0.1) is 18.7 Å². The smallest absolute Gasteiger partial charge is 0.310 e. The average Bonchev–Trinajstić information content (AvgIpc) is 2.84. The van der Waals surface area contributed by atoms with Crippen LogP contribution in [0.1, 0.15) is 44.4 Å². The van der Waals surface area contributed by atoms with Crippen LogP contribution < -0.4 is 0 Å². The molecule has 0 aromatic carbocycles. The lowest BCUT2D eigenvalue weighted by atomic mass is 9.48. The highest BCUT2D eigenvalue weighted by atomic mass is 16.5. The van der Waals surface area contributed by atoms with Crippen molar-refractivity contribution in [2.75, 3.05) is 6.61 Å². The Labute approximate surface area is 125 Å². The summed E-state index contributed by atoms with van der Waals surface area (Å²) in [6.07, 6.45) is 7.49. The lowest BCUT2D eigenvalue weighted by Gasteiger charge is -2.56. The third kappa shape index (κ3) is 2.63. The van der Waals surface area contributed by atoms with Gasteiger partial charge in [-0.2, -0.15) is 0 Å². The molecule has 1 aromatic heterocycles. The maximum atomic E-state index is 11.8. The molecule has 1 fully saturated rings. The van der Waals surface area contributed by atoms with Crippen LogP contribution in [0.4, 0.5) is 0 Å². The van der Waals surface area contributed by atoms with Gasteiger partial charge in [-0.05, 0) is 37.0 Å². The molecule has 0 unspecified atom stereocenters. The monoisotopic (exact) mass is 289 g/mol. The molecular weight excluding hydrogens is 266 g/mol. The molecule has 1 heterocycles. The third-order valence-electron chi connectivity index (χ3n) is 5.42. The highest BCUT2D eigenvalue weighted by molar-refractivity contribution is 5.72. The maximum absolute atomic E-state index is 11.8. The number of nitrogens with zero attached hydrogens (tertiary/aromatic N) is 1. The van der Waals surface area contributed by atoms with E-state index in [0.717, 1.165) is 23.6 Å². The van der Waals surface area contributed by atoms with Crippen molar-refractivity contribution < 1.29 is 14.1 Å². The first kappa shape index (κ1) is 14.4. The van der Waals surface area contributed by atoms with Crippen LogP contribution in [0.2, 0.25) is 0 Å². The topological polar surface area (TPSA) is 52.3 Å². The minimum absolute atomic E-state index is 0.205. The predicted molar refractivity (Wildman–Crippen MR) is 78.6 cm³/mol. The number of aromatic nitrogens is 1. The summed E-state index contributed by atoms with van der Waals surface area (Å²) in [5, 5.41) is 3.76. The number of hydrogen-bond acceptors (Lipinski definition) is 4. The Hall–Kier alpha value is -1.58. The summed E-state index contributed by atoms with van der Waals surface area (Å²) in [4.78, 5) is 11.8. The first-order valence-corrected chi connectivity index (χ1v) is 7.73. The first-order valence-electron chi connectivity index (χ1n) is 7.73. The van der Waals surface area contributed by atoms with Gasteiger partial charge in [-0.1, -0.05) is 30.7 Å². The highest BCUT2D eigenvalue weighted by Crippen LogP contribution is 2.59. The summed E-state index contributed by atoms with van der Waals surface area (Å²) >= 11 is 0. The van der Waals surface area contributed by atoms with E-state index in [2.05, 4.69) is 25.1 Å². The summed E-state index contributed by atoms with van der Waals surface area (Å²) in [5.41, 5.74) is 3.48. The number of fused-ring (bicyclic) bond motifs is 1. The molecule has 114 valence electrons. The number of hydrogen-bond donors (Lipinski definition) is 0. The second-order valence-electron chi connectivity index (χ2n) is 6.89. The Balaban J connectivity index is 1.45. The molecule has 0 saturated heterocycles. The molecule has 0 radical (unpaired) electrons. The zero-order valence-corrected chi connectivity index (χ0v) is 13.0. The van der Waals surface area contributed by atoms with Crippen molar-refractivity contribution in [3.63, 3.8) is 0 Å². The van der Waals surface area contributed by atoms with Crippen LogP contribution in [0.3, 0.4) is 0 Å². The molecular formula is C17H23NO3. The van der Waals surface area contributed by atoms with Crippen LogP contribution in [0.5, 0.6) is 0 Å². The van der Waals surface area contributed by atoms with Crippen molar-refractivity contribution in [1.82, 2.24) is 5.16 Å². The average molecular weight is 289 g/mol. The van der Waals surface area contributed by atoms with E-state index in [1.807, 2.05) is 6.92 Å². The summed E-state index contributed by atoms with van der Waals surface area (Å²) in [6, 6.07) is 0. The molecule has 1 aromatic rings. The van der Waals surface area contributed by atoms with Gasteiger partial charge in [-0.25, -0.2) is 0 Å². The van der Waals surface area contributed by atoms with Crippen LogP contribution in [0.15, 0.2) is 22.4 Å². The second-order valence-corrected chi connectivity index (χ2v) is 6.89. The Morgan fingerprint density at radius 1 is 1.52 bits per heavy atom.